The Bertz CT molecular complexity index is 1240. The van der Waals surface area contributed by atoms with E-state index in [1.54, 1.807) is 0 Å². The standard InChI is InChI=1S/C22H22N6/c23-22-13-8-12(3-4-15(13)27-28-22)21-19-11-2-1-10(7-11)18(19)20-14-9-24-26-16(14)5-6-17(20)25-21/h3-6,8-11,18-19,21,25H,1-2,7H2,(H,24,26)(H3,23,27,28)/t10?,11?,18-,19+,21-/m0/s1. The van der Waals surface area contributed by atoms with Crippen LogP contribution in [0.5, 0.6) is 0 Å². The van der Waals surface area contributed by atoms with Crippen molar-refractivity contribution in [2.75, 3.05) is 11.1 Å². The molecule has 0 radical (unpaired) electrons. The first-order valence-corrected chi connectivity index (χ1v) is 10.2. The molecule has 1 aliphatic heterocycles. The molecule has 6 heteroatoms. The van der Waals surface area contributed by atoms with Crippen molar-refractivity contribution in [2.45, 2.75) is 31.2 Å². The van der Waals surface area contributed by atoms with E-state index in [4.69, 9.17) is 5.73 Å². The van der Waals surface area contributed by atoms with E-state index in [1.165, 1.54) is 41.5 Å². The molecule has 0 saturated heterocycles. The molecule has 140 valence electrons. The second-order valence-electron chi connectivity index (χ2n) is 8.83. The topological polar surface area (TPSA) is 95.4 Å². The number of H-pyrrole nitrogens is 2. The average Bonchev–Trinajstić information content (AvgIpc) is 3.51. The number of nitrogens with one attached hydrogen (secondary N) is 3. The van der Waals surface area contributed by atoms with E-state index in [1.807, 2.05) is 6.20 Å². The third kappa shape index (κ3) is 1.78. The van der Waals surface area contributed by atoms with Gasteiger partial charge in [0.25, 0.3) is 0 Å². The molecule has 5 N–H and O–H groups in total. The van der Waals surface area contributed by atoms with Crippen LogP contribution in [0.3, 0.4) is 0 Å². The highest BCUT2D eigenvalue weighted by molar-refractivity contribution is 5.90. The van der Waals surface area contributed by atoms with E-state index in [9.17, 15) is 0 Å². The highest BCUT2D eigenvalue weighted by Crippen LogP contribution is 2.64. The van der Waals surface area contributed by atoms with Gasteiger partial charge in [0, 0.05) is 16.5 Å². The zero-order valence-corrected chi connectivity index (χ0v) is 15.4. The fourth-order valence-corrected chi connectivity index (χ4v) is 6.58. The Morgan fingerprint density at radius 2 is 1.82 bits per heavy atom. The lowest BCUT2D eigenvalue weighted by atomic mass is 9.67. The summed E-state index contributed by atoms with van der Waals surface area (Å²) in [5, 5.41) is 20.9. The minimum Gasteiger partial charge on any atom is -0.382 e. The molecule has 4 aromatic rings. The lowest BCUT2D eigenvalue weighted by Gasteiger charge is -2.43. The predicted molar refractivity (Wildman–Crippen MR) is 110 cm³/mol. The summed E-state index contributed by atoms with van der Waals surface area (Å²) in [6, 6.07) is 11.3. The monoisotopic (exact) mass is 370 g/mol. The van der Waals surface area contributed by atoms with Gasteiger partial charge >= 0.3 is 0 Å². The molecular weight excluding hydrogens is 348 g/mol. The number of rotatable bonds is 1. The van der Waals surface area contributed by atoms with Crippen molar-refractivity contribution in [3.8, 4) is 0 Å². The number of benzene rings is 2. The fraction of sp³-hybridized carbons (Fsp3) is 0.364. The summed E-state index contributed by atoms with van der Waals surface area (Å²) in [6.07, 6.45) is 6.09. The Labute approximate surface area is 161 Å². The summed E-state index contributed by atoms with van der Waals surface area (Å²) < 4.78 is 0. The minimum absolute atomic E-state index is 0.316. The van der Waals surface area contributed by atoms with E-state index in [-0.39, 0.29) is 0 Å². The van der Waals surface area contributed by atoms with Crippen LogP contribution < -0.4 is 11.1 Å². The third-order valence-corrected chi connectivity index (χ3v) is 7.65. The maximum atomic E-state index is 6.10. The molecule has 28 heavy (non-hydrogen) atoms. The molecule has 5 atom stereocenters. The Hall–Kier alpha value is -3.02. The van der Waals surface area contributed by atoms with Crippen molar-refractivity contribution in [1.29, 1.82) is 0 Å². The van der Waals surface area contributed by atoms with E-state index in [0.29, 0.717) is 23.7 Å². The van der Waals surface area contributed by atoms with E-state index >= 15 is 0 Å². The molecule has 2 aromatic heterocycles. The van der Waals surface area contributed by atoms with E-state index in [2.05, 4.69) is 56.0 Å². The number of hydrogen-bond acceptors (Lipinski definition) is 4. The van der Waals surface area contributed by atoms with Gasteiger partial charge in [0.05, 0.1) is 23.3 Å². The third-order valence-electron chi connectivity index (χ3n) is 7.65. The number of nitrogens with two attached hydrogens (primary N) is 1. The Balaban J connectivity index is 1.44. The van der Waals surface area contributed by atoms with E-state index < -0.39 is 0 Å². The number of hydrogen-bond donors (Lipinski definition) is 4. The Morgan fingerprint density at radius 1 is 0.964 bits per heavy atom. The van der Waals surface area contributed by atoms with E-state index in [0.717, 1.165) is 28.3 Å². The van der Waals surface area contributed by atoms with Gasteiger partial charge in [0.1, 0.15) is 0 Å². The summed E-state index contributed by atoms with van der Waals surface area (Å²) in [5.41, 5.74) is 12.3. The van der Waals surface area contributed by atoms with Gasteiger partial charge in [-0.25, -0.2) is 0 Å². The lowest BCUT2D eigenvalue weighted by molar-refractivity contribution is 0.249. The smallest absolute Gasteiger partial charge is 0.153 e. The maximum Gasteiger partial charge on any atom is 0.153 e. The summed E-state index contributed by atoms with van der Waals surface area (Å²) >= 11 is 0. The summed E-state index contributed by atoms with van der Waals surface area (Å²) in [7, 11) is 0. The molecule has 2 aliphatic carbocycles. The number of aromatic amines is 2. The lowest BCUT2D eigenvalue weighted by Crippen LogP contribution is -2.35. The van der Waals surface area contributed by atoms with Gasteiger partial charge < -0.3 is 11.1 Å². The van der Waals surface area contributed by atoms with Gasteiger partial charge in [0.15, 0.2) is 5.82 Å². The van der Waals surface area contributed by atoms with Crippen molar-refractivity contribution in [3.05, 3.63) is 47.7 Å². The number of anilines is 2. The van der Waals surface area contributed by atoms with Crippen LogP contribution in [0, 0.1) is 17.8 Å². The maximum absolute atomic E-state index is 6.10. The molecular formula is C22H22N6. The van der Waals surface area contributed by atoms with Gasteiger partial charge in [-0.15, -0.1) is 0 Å². The van der Waals surface area contributed by atoms with Crippen LogP contribution in [0.15, 0.2) is 36.5 Å². The molecule has 0 spiro atoms. The largest absolute Gasteiger partial charge is 0.382 e. The second-order valence-corrected chi connectivity index (χ2v) is 8.83. The predicted octanol–water partition coefficient (Wildman–Crippen LogP) is 4.32. The molecule has 3 aliphatic rings. The Kier molecular flexibility index (Phi) is 2.71. The van der Waals surface area contributed by atoms with Crippen LogP contribution >= 0.6 is 0 Å². The first-order valence-electron chi connectivity index (χ1n) is 10.2. The molecule has 2 aromatic carbocycles. The van der Waals surface area contributed by atoms with Crippen molar-refractivity contribution < 1.29 is 0 Å². The number of nitrogens with zero attached hydrogens (tertiary/aromatic N) is 2. The highest BCUT2D eigenvalue weighted by atomic mass is 15.1. The Morgan fingerprint density at radius 3 is 2.79 bits per heavy atom. The molecule has 0 amide bonds. The van der Waals surface area contributed by atoms with Crippen LogP contribution in [-0.4, -0.2) is 20.4 Å². The first-order chi connectivity index (χ1) is 13.8. The van der Waals surface area contributed by atoms with Crippen LogP contribution in [0.1, 0.15) is 42.3 Å². The number of aromatic nitrogens is 4. The van der Waals surface area contributed by atoms with Crippen LogP contribution in [0.4, 0.5) is 11.5 Å². The molecule has 2 saturated carbocycles. The SMILES string of the molecule is Nc1n[nH]c2ccc([C@@H]3Nc4ccc5[nH]ncc5c4[C@H]4C5CCC(C5)[C@@H]34)cc12. The van der Waals surface area contributed by atoms with Crippen LogP contribution in [-0.2, 0) is 0 Å². The van der Waals surface area contributed by atoms with Gasteiger partial charge in [-0.1, -0.05) is 6.07 Å². The molecule has 2 unspecified atom stereocenters. The first kappa shape index (κ1) is 15.0. The average molecular weight is 370 g/mol. The zero-order valence-electron chi connectivity index (χ0n) is 15.4. The fourth-order valence-electron chi connectivity index (χ4n) is 6.58. The van der Waals surface area contributed by atoms with Gasteiger partial charge in [-0.2, -0.15) is 10.2 Å². The van der Waals surface area contributed by atoms with Crippen molar-refractivity contribution in [3.63, 3.8) is 0 Å². The molecule has 2 fully saturated rings. The number of nitrogen functional groups attached to an aromatic ring is 1. The van der Waals surface area contributed by atoms with Gasteiger partial charge in [0.2, 0.25) is 0 Å². The normalized spacial score (nSPS) is 30.5. The molecule has 7 rings (SSSR count). The van der Waals surface area contributed by atoms with Gasteiger partial charge in [-0.3, -0.25) is 10.2 Å². The minimum atomic E-state index is 0.316. The summed E-state index contributed by atoms with van der Waals surface area (Å²) in [6.45, 7) is 0. The highest BCUT2D eigenvalue weighted by Gasteiger charge is 2.54. The molecule has 3 heterocycles. The second kappa shape index (κ2) is 5.07. The summed E-state index contributed by atoms with van der Waals surface area (Å²) in [4.78, 5) is 0. The van der Waals surface area contributed by atoms with Crippen molar-refractivity contribution in [2.24, 2.45) is 17.8 Å². The summed E-state index contributed by atoms with van der Waals surface area (Å²) in [5.74, 6) is 3.40. The number of fused-ring (bicyclic) bond motifs is 10. The molecule has 6 nitrogen and oxygen atoms in total. The molecule has 2 bridgehead atoms. The van der Waals surface area contributed by atoms with Crippen molar-refractivity contribution in [1.82, 2.24) is 20.4 Å². The van der Waals surface area contributed by atoms with Crippen LogP contribution in [0.2, 0.25) is 0 Å². The van der Waals surface area contributed by atoms with Crippen molar-refractivity contribution >= 4 is 33.3 Å². The van der Waals surface area contributed by atoms with Crippen LogP contribution in [0.25, 0.3) is 21.8 Å². The van der Waals surface area contributed by atoms with Gasteiger partial charge in [-0.05, 0) is 78.3 Å². The quantitative estimate of drug-likeness (QED) is 0.401. The zero-order chi connectivity index (χ0) is 18.4.